The number of furan rings is 1. The zero-order valence-corrected chi connectivity index (χ0v) is 17.0. The third-order valence-electron chi connectivity index (χ3n) is 4.33. The van der Waals surface area contributed by atoms with Crippen LogP contribution in [0.5, 0.6) is 0 Å². The molecule has 0 radical (unpaired) electrons. The van der Waals surface area contributed by atoms with Gasteiger partial charge in [0.1, 0.15) is 12.3 Å². The summed E-state index contributed by atoms with van der Waals surface area (Å²) >= 11 is 0. The Kier molecular flexibility index (Phi) is 7.66. The fourth-order valence-corrected chi connectivity index (χ4v) is 4.23. The second kappa shape index (κ2) is 9.75. The summed E-state index contributed by atoms with van der Waals surface area (Å²) in [5.41, 5.74) is 0. The molecule has 1 saturated heterocycles. The Morgan fingerprint density at radius 1 is 1.44 bits per heavy atom. The number of aliphatic imine (C=N–C) groups is 1. The smallest absolute Gasteiger partial charge is 0.243 e. The average Bonchev–Trinajstić information content (AvgIpc) is 3.29. The summed E-state index contributed by atoms with van der Waals surface area (Å²) in [7, 11) is 0.0129. The molecule has 0 bridgehead atoms. The van der Waals surface area contributed by atoms with Gasteiger partial charge >= 0.3 is 0 Å². The Morgan fingerprint density at radius 3 is 2.85 bits per heavy atom. The van der Waals surface area contributed by atoms with Gasteiger partial charge in [0.2, 0.25) is 15.9 Å². The van der Waals surface area contributed by atoms with Crippen molar-refractivity contribution in [3.63, 3.8) is 0 Å². The van der Waals surface area contributed by atoms with Crippen molar-refractivity contribution in [2.45, 2.75) is 25.0 Å². The van der Waals surface area contributed by atoms with Crippen molar-refractivity contribution >= 4 is 21.9 Å². The summed E-state index contributed by atoms with van der Waals surface area (Å²) in [6.45, 7) is 3.63. The number of guanidine groups is 1. The standard InChI is InChI=1S/C17H29N5O4S/c1-4-20-27(24,25)15-8-10-22(13-15)17(19-12-16(23)21(2)3)18-9-7-14-6-5-11-26-14/h5-6,11,15,20H,4,7-10,12-13H2,1-3H3,(H,18,19). The Balaban J connectivity index is 2.02. The molecule has 10 heteroatoms. The van der Waals surface area contributed by atoms with Crippen molar-refractivity contribution in [1.82, 2.24) is 19.8 Å². The number of carbonyl (C=O) groups is 1. The van der Waals surface area contributed by atoms with Gasteiger partial charge < -0.3 is 19.5 Å². The summed E-state index contributed by atoms with van der Waals surface area (Å²) in [5, 5.41) is 2.74. The van der Waals surface area contributed by atoms with Crippen LogP contribution in [0, 0.1) is 0 Å². The summed E-state index contributed by atoms with van der Waals surface area (Å²) < 4.78 is 32.4. The third kappa shape index (κ3) is 6.24. The van der Waals surface area contributed by atoms with Crippen molar-refractivity contribution in [3.8, 4) is 0 Å². The van der Waals surface area contributed by atoms with Crippen LogP contribution >= 0.6 is 0 Å². The van der Waals surface area contributed by atoms with E-state index >= 15 is 0 Å². The van der Waals surface area contributed by atoms with Gasteiger partial charge in [-0.05, 0) is 18.6 Å². The number of amides is 1. The first-order valence-electron chi connectivity index (χ1n) is 9.07. The van der Waals surface area contributed by atoms with Crippen LogP contribution in [0.15, 0.2) is 27.8 Å². The van der Waals surface area contributed by atoms with Gasteiger partial charge in [-0.2, -0.15) is 0 Å². The molecular weight excluding hydrogens is 370 g/mol. The highest BCUT2D eigenvalue weighted by molar-refractivity contribution is 7.90. The van der Waals surface area contributed by atoms with Crippen LogP contribution in [-0.2, 0) is 21.2 Å². The number of hydrogen-bond acceptors (Lipinski definition) is 5. The highest BCUT2D eigenvalue weighted by Crippen LogP contribution is 2.16. The minimum atomic E-state index is -3.34. The lowest BCUT2D eigenvalue weighted by Gasteiger charge is -2.22. The van der Waals surface area contributed by atoms with Crippen molar-refractivity contribution in [2.24, 2.45) is 4.99 Å². The summed E-state index contributed by atoms with van der Waals surface area (Å²) in [4.78, 5) is 19.7. The molecule has 1 atom stereocenters. The lowest BCUT2D eigenvalue weighted by molar-refractivity contribution is -0.127. The van der Waals surface area contributed by atoms with E-state index < -0.39 is 15.3 Å². The Hall–Kier alpha value is -2.07. The quantitative estimate of drug-likeness (QED) is 0.466. The molecule has 2 heterocycles. The van der Waals surface area contributed by atoms with Crippen LogP contribution in [0.4, 0.5) is 0 Å². The number of sulfonamides is 1. The second-order valence-corrected chi connectivity index (χ2v) is 8.63. The van der Waals surface area contributed by atoms with E-state index in [1.807, 2.05) is 17.0 Å². The van der Waals surface area contributed by atoms with Crippen molar-refractivity contribution in [1.29, 1.82) is 0 Å². The largest absolute Gasteiger partial charge is 0.469 e. The van der Waals surface area contributed by atoms with Gasteiger partial charge in [-0.15, -0.1) is 0 Å². The predicted molar refractivity (Wildman–Crippen MR) is 104 cm³/mol. The second-order valence-electron chi connectivity index (χ2n) is 6.58. The molecular formula is C17H29N5O4S. The number of hydrogen-bond donors (Lipinski definition) is 2. The number of rotatable bonds is 8. The van der Waals surface area contributed by atoms with E-state index in [0.29, 0.717) is 45.0 Å². The Bertz CT molecular complexity index is 731. The highest BCUT2D eigenvalue weighted by atomic mass is 32.2. The lowest BCUT2D eigenvalue weighted by atomic mass is 10.3. The van der Waals surface area contributed by atoms with Gasteiger partial charge in [0.25, 0.3) is 0 Å². The van der Waals surface area contributed by atoms with Gasteiger partial charge in [0.05, 0.1) is 11.5 Å². The first kappa shape index (κ1) is 21.2. The molecule has 152 valence electrons. The molecule has 27 heavy (non-hydrogen) atoms. The van der Waals surface area contributed by atoms with E-state index in [-0.39, 0.29) is 12.5 Å². The van der Waals surface area contributed by atoms with E-state index in [1.165, 1.54) is 4.90 Å². The highest BCUT2D eigenvalue weighted by Gasteiger charge is 2.34. The molecule has 2 N–H and O–H groups in total. The zero-order chi connectivity index (χ0) is 19.9. The third-order valence-corrected chi connectivity index (χ3v) is 6.28. The number of likely N-dealkylation sites (tertiary alicyclic amines) is 1. The molecule has 1 aromatic heterocycles. The van der Waals surface area contributed by atoms with Crippen LogP contribution in [0.1, 0.15) is 19.1 Å². The number of nitrogens with one attached hydrogen (secondary N) is 2. The topological polar surface area (TPSA) is 107 Å². The first-order valence-corrected chi connectivity index (χ1v) is 10.6. The average molecular weight is 400 g/mol. The molecule has 0 aliphatic carbocycles. The van der Waals surface area contributed by atoms with Crippen molar-refractivity contribution in [3.05, 3.63) is 24.2 Å². The number of carbonyl (C=O) groups excluding carboxylic acids is 1. The van der Waals surface area contributed by atoms with Crippen molar-refractivity contribution < 1.29 is 17.6 Å². The van der Waals surface area contributed by atoms with Crippen LogP contribution in [0.25, 0.3) is 0 Å². The Labute approximate surface area is 160 Å². The molecule has 9 nitrogen and oxygen atoms in total. The van der Waals surface area contributed by atoms with E-state index in [1.54, 1.807) is 27.3 Å². The molecule has 0 aromatic carbocycles. The van der Waals surface area contributed by atoms with Gasteiger partial charge in [-0.3, -0.25) is 4.79 Å². The van der Waals surface area contributed by atoms with Crippen LogP contribution in [0.3, 0.4) is 0 Å². The first-order chi connectivity index (χ1) is 12.8. The number of likely N-dealkylation sites (N-methyl/N-ethyl adjacent to an activating group) is 1. The zero-order valence-electron chi connectivity index (χ0n) is 16.1. The van der Waals surface area contributed by atoms with E-state index in [9.17, 15) is 13.2 Å². The van der Waals surface area contributed by atoms with E-state index in [4.69, 9.17) is 4.42 Å². The van der Waals surface area contributed by atoms with Crippen LogP contribution in [-0.4, -0.2) is 82.2 Å². The maximum atomic E-state index is 12.3. The maximum Gasteiger partial charge on any atom is 0.243 e. The number of nitrogens with zero attached hydrogens (tertiary/aromatic N) is 3. The summed E-state index contributed by atoms with van der Waals surface area (Å²) in [5.74, 6) is 1.28. The lowest BCUT2D eigenvalue weighted by Crippen LogP contribution is -2.43. The van der Waals surface area contributed by atoms with Gasteiger partial charge in [-0.25, -0.2) is 18.1 Å². The molecule has 0 saturated carbocycles. The van der Waals surface area contributed by atoms with Crippen LogP contribution < -0.4 is 10.0 Å². The molecule has 2 rings (SSSR count). The fraction of sp³-hybridized carbons (Fsp3) is 0.647. The molecule has 1 aliphatic heterocycles. The van der Waals surface area contributed by atoms with E-state index in [2.05, 4.69) is 15.0 Å². The summed E-state index contributed by atoms with van der Waals surface area (Å²) in [6, 6.07) is 3.72. The van der Waals surface area contributed by atoms with Gasteiger partial charge in [0.15, 0.2) is 5.96 Å². The van der Waals surface area contributed by atoms with Gasteiger partial charge in [0, 0.05) is 46.7 Å². The summed E-state index contributed by atoms with van der Waals surface area (Å²) in [6.07, 6.45) is 2.81. The van der Waals surface area contributed by atoms with E-state index in [0.717, 1.165) is 5.76 Å². The fourth-order valence-electron chi connectivity index (χ4n) is 2.80. The minimum absolute atomic E-state index is 0.0111. The molecule has 1 amide bonds. The molecule has 1 unspecified atom stereocenters. The SMILES string of the molecule is CCNS(=O)(=O)C1CCN(C(=NCC(=O)N(C)C)NCCc2ccco2)C1. The minimum Gasteiger partial charge on any atom is -0.469 e. The normalized spacial score (nSPS) is 18.0. The monoisotopic (exact) mass is 399 g/mol. The molecule has 0 spiro atoms. The Morgan fingerprint density at radius 2 is 2.22 bits per heavy atom. The predicted octanol–water partition coefficient (Wildman–Crippen LogP) is -0.130. The molecule has 1 fully saturated rings. The van der Waals surface area contributed by atoms with Gasteiger partial charge in [-0.1, -0.05) is 6.92 Å². The van der Waals surface area contributed by atoms with Crippen molar-refractivity contribution in [2.75, 3.05) is 46.8 Å². The molecule has 1 aliphatic rings. The molecule has 1 aromatic rings. The van der Waals surface area contributed by atoms with Crippen LogP contribution in [0.2, 0.25) is 0 Å². The maximum absolute atomic E-state index is 12.3.